The summed E-state index contributed by atoms with van der Waals surface area (Å²) in [6.07, 6.45) is 4.63. The molecule has 1 saturated carbocycles. The number of Topliss-reactive ketones (excluding diaryl/α,β-unsaturated/α-hetero) is 1. The SMILES string of the molecule is CC1CCC(Nc2sc(C(=O)C(C)C)c(N)c2C#N)CC1. The number of nitrogen functional groups attached to an aromatic ring is 1. The molecule has 0 unspecified atom stereocenters. The number of nitrogens with one attached hydrogen (secondary N) is 1. The third-order valence-electron chi connectivity index (χ3n) is 4.16. The van der Waals surface area contributed by atoms with Crippen LogP contribution in [-0.4, -0.2) is 11.8 Å². The Morgan fingerprint density at radius 2 is 2.00 bits per heavy atom. The number of thiophene rings is 1. The van der Waals surface area contributed by atoms with Crippen LogP contribution in [0.5, 0.6) is 0 Å². The molecule has 0 aromatic carbocycles. The van der Waals surface area contributed by atoms with Gasteiger partial charge in [-0.3, -0.25) is 4.79 Å². The largest absolute Gasteiger partial charge is 0.396 e. The van der Waals surface area contributed by atoms with Gasteiger partial charge >= 0.3 is 0 Å². The molecule has 0 bridgehead atoms. The van der Waals surface area contributed by atoms with E-state index in [1.54, 1.807) is 0 Å². The van der Waals surface area contributed by atoms with Crippen LogP contribution in [0.3, 0.4) is 0 Å². The Hall–Kier alpha value is -1.54. The van der Waals surface area contributed by atoms with Crippen molar-refractivity contribution in [3.8, 4) is 6.07 Å². The summed E-state index contributed by atoms with van der Waals surface area (Å²) < 4.78 is 0. The van der Waals surface area contributed by atoms with Crippen molar-refractivity contribution in [1.29, 1.82) is 5.26 Å². The number of nitriles is 1. The summed E-state index contributed by atoms with van der Waals surface area (Å²) in [5.41, 5.74) is 6.78. The topological polar surface area (TPSA) is 78.9 Å². The molecule has 1 aromatic rings. The normalized spacial score (nSPS) is 22.0. The van der Waals surface area contributed by atoms with E-state index in [-0.39, 0.29) is 11.7 Å². The predicted molar refractivity (Wildman–Crippen MR) is 87.7 cm³/mol. The Morgan fingerprint density at radius 3 is 2.52 bits per heavy atom. The lowest BCUT2D eigenvalue weighted by Crippen LogP contribution is -2.25. The highest BCUT2D eigenvalue weighted by Gasteiger charge is 2.25. The van der Waals surface area contributed by atoms with Gasteiger partial charge in [0, 0.05) is 12.0 Å². The van der Waals surface area contributed by atoms with Gasteiger partial charge < -0.3 is 11.1 Å². The van der Waals surface area contributed by atoms with E-state index in [0.717, 1.165) is 23.8 Å². The first-order valence-corrected chi connectivity index (χ1v) is 8.38. The standard InChI is InChI=1S/C16H23N3OS/c1-9(2)14(20)15-13(18)12(8-17)16(21-15)19-11-6-4-10(3)5-7-11/h9-11,19H,4-7,18H2,1-3H3. The first-order valence-electron chi connectivity index (χ1n) is 7.57. The highest BCUT2D eigenvalue weighted by Crippen LogP contribution is 2.38. The fourth-order valence-corrected chi connectivity index (χ4v) is 3.93. The molecule has 0 aliphatic heterocycles. The molecule has 5 heteroatoms. The van der Waals surface area contributed by atoms with Gasteiger partial charge in [0.2, 0.25) is 0 Å². The fraction of sp³-hybridized carbons (Fsp3) is 0.625. The van der Waals surface area contributed by atoms with Crippen molar-refractivity contribution in [2.75, 3.05) is 11.1 Å². The summed E-state index contributed by atoms with van der Waals surface area (Å²) in [5, 5.41) is 13.5. The Balaban J connectivity index is 2.22. The number of hydrogen-bond donors (Lipinski definition) is 2. The molecule has 0 amide bonds. The van der Waals surface area contributed by atoms with Gasteiger partial charge in [-0.1, -0.05) is 20.8 Å². The Labute approximate surface area is 130 Å². The molecule has 21 heavy (non-hydrogen) atoms. The minimum Gasteiger partial charge on any atom is -0.396 e. The van der Waals surface area contributed by atoms with E-state index in [0.29, 0.717) is 22.2 Å². The number of nitrogens with two attached hydrogens (primary N) is 1. The summed E-state index contributed by atoms with van der Waals surface area (Å²) in [5.74, 6) is 0.685. The van der Waals surface area contributed by atoms with Crippen LogP contribution in [0, 0.1) is 23.2 Å². The third-order valence-corrected chi connectivity index (χ3v) is 5.31. The monoisotopic (exact) mass is 305 g/mol. The second-order valence-electron chi connectivity index (χ2n) is 6.28. The van der Waals surface area contributed by atoms with Gasteiger partial charge in [0.25, 0.3) is 0 Å². The summed E-state index contributed by atoms with van der Waals surface area (Å²) in [6, 6.07) is 2.53. The van der Waals surface area contributed by atoms with Gasteiger partial charge in [-0.15, -0.1) is 11.3 Å². The number of hydrogen-bond acceptors (Lipinski definition) is 5. The van der Waals surface area contributed by atoms with Crippen LogP contribution in [0.2, 0.25) is 0 Å². The average molecular weight is 305 g/mol. The van der Waals surface area contributed by atoms with Crippen molar-refractivity contribution < 1.29 is 4.79 Å². The summed E-state index contributed by atoms with van der Waals surface area (Å²) in [6.45, 7) is 5.98. The van der Waals surface area contributed by atoms with E-state index in [1.165, 1.54) is 24.2 Å². The summed E-state index contributed by atoms with van der Waals surface area (Å²) >= 11 is 1.33. The van der Waals surface area contributed by atoms with E-state index < -0.39 is 0 Å². The minimum atomic E-state index is -0.110. The molecule has 1 fully saturated rings. The van der Waals surface area contributed by atoms with Gasteiger partial charge in [0.15, 0.2) is 5.78 Å². The van der Waals surface area contributed by atoms with Gasteiger partial charge in [0.1, 0.15) is 16.6 Å². The lowest BCUT2D eigenvalue weighted by atomic mass is 9.87. The lowest BCUT2D eigenvalue weighted by molar-refractivity contribution is 0.0944. The van der Waals surface area contributed by atoms with Crippen LogP contribution in [0.25, 0.3) is 0 Å². The highest BCUT2D eigenvalue weighted by atomic mass is 32.1. The summed E-state index contributed by atoms with van der Waals surface area (Å²) in [7, 11) is 0. The van der Waals surface area contributed by atoms with E-state index >= 15 is 0 Å². The second kappa shape index (κ2) is 6.48. The van der Waals surface area contributed by atoms with Crippen LogP contribution >= 0.6 is 11.3 Å². The number of rotatable bonds is 4. The van der Waals surface area contributed by atoms with Gasteiger partial charge in [-0.2, -0.15) is 5.26 Å². The highest BCUT2D eigenvalue weighted by molar-refractivity contribution is 7.19. The molecule has 0 atom stereocenters. The molecule has 1 aromatic heterocycles. The summed E-state index contributed by atoms with van der Waals surface area (Å²) in [4.78, 5) is 12.7. The molecular weight excluding hydrogens is 282 g/mol. The quantitative estimate of drug-likeness (QED) is 0.823. The minimum absolute atomic E-state index is 0.0133. The Kier molecular flexibility index (Phi) is 4.89. The van der Waals surface area contributed by atoms with Crippen LogP contribution in [0.4, 0.5) is 10.7 Å². The third kappa shape index (κ3) is 3.38. The number of ketones is 1. The molecule has 1 aliphatic carbocycles. The number of nitrogens with zero attached hydrogens (tertiary/aromatic N) is 1. The van der Waals surface area contributed by atoms with E-state index in [9.17, 15) is 10.1 Å². The molecule has 1 aliphatic rings. The predicted octanol–water partition coefficient (Wildman–Crippen LogP) is 4.03. The van der Waals surface area contributed by atoms with Crippen LogP contribution in [0.1, 0.15) is 61.7 Å². The first-order chi connectivity index (χ1) is 9.93. The van der Waals surface area contributed by atoms with Gasteiger partial charge in [-0.25, -0.2) is 0 Å². The second-order valence-corrected chi connectivity index (χ2v) is 7.30. The maximum absolute atomic E-state index is 12.2. The molecule has 1 heterocycles. The smallest absolute Gasteiger partial charge is 0.177 e. The number of carbonyl (C=O) groups is 1. The Bertz CT molecular complexity index is 563. The van der Waals surface area contributed by atoms with Crippen LogP contribution in [0.15, 0.2) is 0 Å². The van der Waals surface area contributed by atoms with E-state index in [4.69, 9.17) is 5.73 Å². The molecule has 0 saturated heterocycles. The van der Waals surface area contributed by atoms with Crippen molar-refractivity contribution in [3.63, 3.8) is 0 Å². The zero-order valence-electron chi connectivity index (χ0n) is 12.9. The Morgan fingerprint density at radius 1 is 1.38 bits per heavy atom. The molecule has 4 nitrogen and oxygen atoms in total. The number of carbonyl (C=O) groups excluding carboxylic acids is 1. The zero-order chi connectivity index (χ0) is 15.6. The molecular formula is C16H23N3OS. The van der Waals surface area contributed by atoms with E-state index in [2.05, 4.69) is 18.3 Å². The number of anilines is 2. The molecule has 2 rings (SSSR count). The molecule has 0 spiro atoms. The zero-order valence-corrected chi connectivity index (χ0v) is 13.7. The maximum atomic E-state index is 12.2. The van der Waals surface area contributed by atoms with Crippen LogP contribution < -0.4 is 11.1 Å². The molecule has 114 valence electrons. The average Bonchev–Trinajstić information content (AvgIpc) is 2.76. The van der Waals surface area contributed by atoms with Gasteiger partial charge in [-0.05, 0) is 31.6 Å². The van der Waals surface area contributed by atoms with Gasteiger partial charge in [0.05, 0.1) is 10.6 Å². The van der Waals surface area contributed by atoms with Crippen molar-refractivity contribution >= 4 is 27.8 Å². The molecule has 0 radical (unpaired) electrons. The van der Waals surface area contributed by atoms with Crippen molar-refractivity contribution in [2.24, 2.45) is 11.8 Å². The van der Waals surface area contributed by atoms with Crippen LogP contribution in [-0.2, 0) is 0 Å². The first kappa shape index (κ1) is 15.8. The molecule has 3 N–H and O–H groups in total. The maximum Gasteiger partial charge on any atom is 0.177 e. The van der Waals surface area contributed by atoms with Crippen molar-refractivity contribution in [2.45, 2.75) is 52.5 Å². The fourth-order valence-electron chi connectivity index (χ4n) is 2.69. The van der Waals surface area contributed by atoms with E-state index in [1.807, 2.05) is 13.8 Å². The van der Waals surface area contributed by atoms with Crippen molar-refractivity contribution in [1.82, 2.24) is 0 Å². The van der Waals surface area contributed by atoms with Crippen molar-refractivity contribution in [3.05, 3.63) is 10.4 Å². The lowest BCUT2D eigenvalue weighted by Gasteiger charge is -2.27.